The van der Waals surface area contributed by atoms with E-state index in [2.05, 4.69) is 31.9 Å². The van der Waals surface area contributed by atoms with Crippen LogP contribution in [0.25, 0.3) is 0 Å². The molecule has 0 atom stereocenters. The number of benzene rings is 1. The predicted molar refractivity (Wildman–Crippen MR) is 73.6 cm³/mol. The van der Waals surface area contributed by atoms with Crippen LogP contribution in [-0.2, 0) is 10.1 Å². The molecule has 0 saturated carbocycles. The fourth-order valence-electron chi connectivity index (χ4n) is 1.07. The molecule has 17 heavy (non-hydrogen) atoms. The van der Waals surface area contributed by atoms with Crippen LogP contribution >= 0.6 is 31.9 Å². The topological polar surface area (TPSA) is 35.5 Å². The number of halogens is 2. The first-order valence-electron chi connectivity index (χ1n) is 5.07. The SMILES string of the molecule is CC(C)(C)OC(=O)Oc1cc(CBr)ccc1Br. The summed E-state index contributed by atoms with van der Waals surface area (Å²) in [5, 5.41) is 0.699. The summed E-state index contributed by atoms with van der Waals surface area (Å²) >= 11 is 6.66. The van der Waals surface area contributed by atoms with Crippen LogP contribution in [0.4, 0.5) is 4.79 Å². The quantitative estimate of drug-likeness (QED) is 0.434. The monoisotopic (exact) mass is 364 g/mol. The fourth-order valence-corrected chi connectivity index (χ4v) is 1.75. The average molecular weight is 366 g/mol. The van der Waals surface area contributed by atoms with E-state index in [4.69, 9.17) is 9.47 Å². The van der Waals surface area contributed by atoms with Crippen molar-refractivity contribution in [2.75, 3.05) is 0 Å². The zero-order valence-corrected chi connectivity index (χ0v) is 13.1. The Balaban J connectivity index is 2.77. The second kappa shape index (κ2) is 5.87. The molecule has 0 radical (unpaired) electrons. The minimum Gasteiger partial charge on any atom is -0.428 e. The largest absolute Gasteiger partial charge is 0.514 e. The Morgan fingerprint density at radius 3 is 2.53 bits per heavy atom. The van der Waals surface area contributed by atoms with E-state index < -0.39 is 11.8 Å². The highest BCUT2D eigenvalue weighted by Crippen LogP contribution is 2.27. The van der Waals surface area contributed by atoms with Crippen LogP contribution < -0.4 is 4.74 Å². The molecule has 1 aromatic rings. The lowest BCUT2D eigenvalue weighted by atomic mass is 10.2. The maximum Gasteiger partial charge on any atom is 0.514 e. The van der Waals surface area contributed by atoms with Gasteiger partial charge in [-0.1, -0.05) is 22.0 Å². The first kappa shape index (κ1) is 14.5. The highest BCUT2D eigenvalue weighted by atomic mass is 79.9. The zero-order valence-electron chi connectivity index (χ0n) is 9.92. The van der Waals surface area contributed by atoms with Crippen molar-refractivity contribution in [2.45, 2.75) is 31.7 Å². The molecule has 0 N–H and O–H groups in total. The van der Waals surface area contributed by atoms with Gasteiger partial charge in [-0.2, -0.15) is 0 Å². The van der Waals surface area contributed by atoms with E-state index in [1.165, 1.54) is 0 Å². The number of hydrogen-bond donors (Lipinski definition) is 0. The second-order valence-corrected chi connectivity index (χ2v) is 5.88. The lowest BCUT2D eigenvalue weighted by Crippen LogP contribution is -2.26. The van der Waals surface area contributed by atoms with Gasteiger partial charge >= 0.3 is 6.16 Å². The molecule has 0 aliphatic heterocycles. The van der Waals surface area contributed by atoms with Crippen molar-refractivity contribution in [3.05, 3.63) is 28.2 Å². The van der Waals surface area contributed by atoms with Gasteiger partial charge in [-0.25, -0.2) is 4.79 Å². The van der Waals surface area contributed by atoms with Crippen molar-refractivity contribution in [3.63, 3.8) is 0 Å². The molecule has 0 aliphatic carbocycles. The molecule has 0 spiro atoms. The summed E-state index contributed by atoms with van der Waals surface area (Å²) in [6.45, 7) is 5.37. The Hall–Kier alpha value is -0.550. The first-order valence-corrected chi connectivity index (χ1v) is 6.98. The summed E-state index contributed by atoms with van der Waals surface area (Å²) < 4.78 is 10.9. The van der Waals surface area contributed by atoms with E-state index in [1.54, 1.807) is 26.8 Å². The zero-order chi connectivity index (χ0) is 13.1. The van der Waals surface area contributed by atoms with E-state index >= 15 is 0 Å². The van der Waals surface area contributed by atoms with Gasteiger partial charge in [0, 0.05) is 5.33 Å². The lowest BCUT2D eigenvalue weighted by Gasteiger charge is -2.19. The van der Waals surface area contributed by atoms with E-state index in [1.807, 2.05) is 12.1 Å². The van der Waals surface area contributed by atoms with Crippen molar-refractivity contribution in [2.24, 2.45) is 0 Å². The van der Waals surface area contributed by atoms with Gasteiger partial charge < -0.3 is 9.47 Å². The number of hydrogen-bond acceptors (Lipinski definition) is 3. The molecule has 0 saturated heterocycles. The van der Waals surface area contributed by atoms with Crippen molar-refractivity contribution in [3.8, 4) is 5.75 Å². The maximum absolute atomic E-state index is 11.5. The fraction of sp³-hybridized carbons (Fsp3) is 0.417. The number of carbonyl (C=O) groups excluding carboxylic acids is 1. The summed E-state index contributed by atoms with van der Waals surface area (Å²) in [5.41, 5.74) is 0.461. The summed E-state index contributed by atoms with van der Waals surface area (Å²) in [5.74, 6) is 0.455. The van der Waals surface area contributed by atoms with E-state index in [0.29, 0.717) is 15.6 Å². The molecule has 0 heterocycles. The molecule has 1 rings (SSSR count). The number of rotatable bonds is 2. The van der Waals surface area contributed by atoms with Crippen LogP contribution in [0.2, 0.25) is 0 Å². The highest BCUT2D eigenvalue weighted by Gasteiger charge is 2.19. The van der Waals surface area contributed by atoms with Crippen molar-refractivity contribution < 1.29 is 14.3 Å². The van der Waals surface area contributed by atoms with Gasteiger partial charge in [-0.3, -0.25) is 0 Å². The minimum atomic E-state index is -0.704. The first-order chi connectivity index (χ1) is 7.81. The van der Waals surface area contributed by atoms with Gasteiger partial charge in [0.15, 0.2) is 0 Å². The Bertz CT molecular complexity index is 411. The Kier molecular flexibility index (Phi) is 5.01. The van der Waals surface area contributed by atoms with Gasteiger partial charge in [0.05, 0.1) is 4.47 Å². The third kappa shape index (κ3) is 5.08. The molecule has 94 valence electrons. The third-order valence-corrected chi connectivity index (χ3v) is 3.04. The number of carbonyl (C=O) groups is 1. The Labute approximate surface area is 118 Å². The van der Waals surface area contributed by atoms with Crippen LogP contribution in [-0.4, -0.2) is 11.8 Å². The van der Waals surface area contributed by atoms with Gasteiger partial charge in [0.1, 0.15) is 11.4 Å². The van der Waals surface area contributed by atoms with Crippen LogP contribution in [0.15, 0.2) is 22.7 Å². The van der Waals surface area contributed by atoms with Gasteiger partial charge in [-0.05, 0) is 54.4 Å². The summed E-state index contributed by atoms with van der Waals surface area (Å²) in [7, 11) is 0. The molecule has 3 nitrogen and oxygen atoms in total. The molecule has 0 bridgehead atoms. The summed E-state index contributed by atoms with van der Waals surface area (Å²) in [4.78, 5) is 11.5. The Morgan fingerprint density at radius 2 is 2.00 bits per heavy atom. The average Bonchev–Trinajstić information content (AvgIpc) is 2.18. The minimum absolute atomic E-state index is 0.455. The van der Waals surface area contributed by atoms with Crippen LogP contribution in [0.3, 0.4) is 0 Å². The molecular formula is C12H14Br2O3. The summed E-state index contributed by atoms with van der Waals surface area (Å²) in [6, 6.07) is 5.54. The van der Waals surface area contributed by atoms with Gasteiger partial charge in [0.2, 0.25) is 0 Å². The van der Waals surface area contributed by atoms with Crippen LogP contribution in [0, 0.1) is 0 Å². The van der Waals surface area contributed by atoms with Gasteiger partial charge in [0.25, 0.3) is 0 Å². The standard InChI is InChI=1S/C12H14Br2O3/c1-12(2,3)17-11(15)16-10-6-8(7-13)4-5-9(10)14/h4-6H,7H2,1-3H3. The predicted octanol–water partition coefficient (Wildman–Crippen LogP) is 4.66. The maximum atomic E-state index is 11.5. The summed E-state index contributed by atoms with van der Waals surface area (Å²) in [6.07, 6.45) is -0.704. The molecule has 0 unspecified atom stereocenters. The molecule has 0 aliphatic rings. The van der Waals surface area contributed by atoms with E-state index in [9.17, 15) is 4.79 Å². The smallest absolute Gasteiger partial charge is 0.428 e. The Morgan fingerprint density at radius 1 is 1.35 bits per heavy atom. The number of alkyl halides is 1. The highest BCUT2D eigenvalue weighted by molar-refractivity contribution is 9.10. The van der Waals surface area contributed by atoms with Crippen LogP contribution in [0.5, 0.6) is 5.75 Å². The van der Waals surface area contributed by atoms with Crippen molar-refractivity contribution in [1.82, 2.24) is 0 Å². The molecule has 0 aromatic heterocycles. The normalized spacial score (nSPS) is 11.1. The molecule has 0 fully saturated rings. The molecule has 1 aromatic carbocycles. The van der Waals surface area contributed by atoms with E-state index in [-0.39, 0.29) is 0 Å². The molecular weight excluding hydrogens is 352 g/mol. The van der Waals surface area contributed by atoms with Crippen molar-refractivity contribution in [1.29, 1.82) is 0 Å². The molecule has 5 heteroatoms. The lowest BCUT2D eigenvalue weighted by molar-refractivity contribution is 0.0205. The van der Waals surface area contributed by atoms with Gasteiger partial charge in [-0.15, -0.1) is 0 Å². The van der Waals surface area contributed by atoms with Crippen molar-refractivity contribution >= 4 is 38.0 Å². The third-order valence-electron chi connectivity index (χ3n) is 1.73. The second-order valence-electron chi connectivity index (χ2n) is 4.46. The number of ether oxygens (including phenoxy) is 2. The molecule has 0 amide bonds. The van der Waals surface area contributed by atoms with E-state index in [0.717, 1.165) is 5.56 Å². The van der Waals surface area contributed by atoms with Crippen LogP contribution in [0.1, 0.15) is 26.3 Å².